The summed E-state index contributed by atoms with van der Waals surface area (Å²) in [6.07, 6.45) is 0. The van der Waals surface area contributed by atoms with Gasteiger partial charge in [-0.15, -0.1) is 11.3 Å². The van der Waals surface area contributed by atoms with Crippen molar-refractivity contribution in [2.45, 2.75) is 19.5 Å². The minimum absolute atomic E-state index is 0.0237. The second-order valence-corrected chi connectivity index (χ2v) is 6.12. The fourth-order valence-corrected chi connectivity index (χ4v) is 2.87. The van der Waals surface area contributed by atoms with E-state index in [4.69, 9.17) is 23.2 Å². The van der Waals surface area contributed by atoms with Gasteiger partial charge < -0.3 is 0 Å². The Bertz CT molecular complexity index is 601. The van der Waals surface area contributed by atoms with E-state index in [1.165, 1.54) is 0 Å². The van der Waals surface area contributed by atoms with Crippen molar-refractivity contribution in [2.75, 3.05) is 7.05 Å². The lowest BCUT2D eigenvalue weighted by Gasteiger charge is -2.23. The summed E-state index contributed by atoms with van der Waals surface area (Å²) in [5, 5.41) is 2.88. The van der Waals surface area contributed by atoms with E-state index in [1.807, 2.05) is 24.3 Å². The van der Waals surface area contributed by atoms with Crippen LogP contribution in [0, 0.1) is 0 Å². The van der Waals surface area contributed by atoms with Gasteiger partial charge in [-0.2, -0.15) is 0 Å². The molecular formula is C14H14Cl2N2OS. The van der Waals surface area contributed by atoms with Crippen molar-refractivity contribution in [3.8, 4) is 0 Å². The summed E-state index contributed by atoms with van der Waals surface area (Å²) in [7, 11) is 1.89. The first-order chi connectivity index (χ1) is 9.49. The molecular weight excluding hydrogens is 315 g/mol. The van der Waals surface area contributed by atoms with E-state index in [9.17, 15) is 4.79 Å². The first-order valence-corrected chi connectivity index (χ1v) is 7.75. The highest BCUT2D eigenvalue weighted by Crippen LogP contribution is 2.23. The Kier molecular flexibility index (Phi) is 5.16. The molecule has 20 heavy (non-hydrogen) atoms. The van der Waals surface area contributed by atoms with E-state index in [1.54, 1.807) is 35.0 Å². The Morgan fingerprint density at radius 3 is 2.80 bits per heavy atom. The quantitative estimate of drug-likeness (QED) is 0.773. The zero-order chi connectivity index (χ0) is 14.7. The molecule has 6 heteroatoms. The van der Waals surface area contributed by atoms with Crippen molar-refractivity contribution < 1.29 is 4.79 Å². The lowest BCUT2D eigenvalue weighted by molar-refractivity contribution is 0.0861. The van der Waals surface area contributed by atoms with Gasteiger partial charge in [-0.25, -0.2) is 4.98 Å². The summed E-state index contributed by atoms with van der Waals surface area (Å²) in [5.41, 5.74) is 3.24. The fraction of sp³-hybridized carbons (Fsp3) is 0.286. The van der Waals surface area contributed by atoms with Crippen LogP contribution in [-0.4, -0.2) is 28.8 Å². The number of carbonyl (C=O) groups is 1. The molecule has 1 atom stereocenters. The summed E-state index contributed by atoms with van der Waals surface area (Å²) in [4.78, 5) is 18.6. The molecule has 106 valence electrons. The molecule has 0 N–H and O–H groups in total. The highest BCUT2D eigenvalue weighted by atomic mass is 35.5. The van der Waals surface area contributed by atoms with E-state index in [-0.39, 0.29) is 11.8 Å². The van der Waals surface area contributed by atoms with Crippen LogP contribution in [0.4, 0.5) is 0 Å². The summed E-state index contributed by atoms with van der Waals surface area (Å²) in [5.74, 6) is -0.0237. The molecule has 1 heterocycles. The van der Waals surface area contributed by atoms with Gasteiger partial charge in [-0.1, -0.05) is 23.2 Å². The van der Waals surface area contributed by atoms with Gasteiger partial charge in [-0.3, -0.25) is 9.69 Å². The monoisotopic (exact) mass is 328 g/mol. The Balaban J connectivity index is 2.11. The largest absolute Gasteiger partial charge is 0.292 e. The Morgan fingerprint density at radius 2 is 2.20 bits per heavy atom. The Hall–Kier alpha value is -0.940. The molecule has 0 spiro atoms. The first kappa shape index (κ1) is 15.4. The van der Waals surface area contributed by atoms with Gasteiger partial charge in [0.05, 0.1) is 22.3 Å². The average molecular weight is 329 g/mol. The zero-order valence-electron chi connectivity index (χ0n) is 11.1. The molecule has 1 aromatic heterocycles. The van der Waals surface area contributed by atoms with Crippen LogP contribution >= 0.6 is 34.5 Å². The molecule has 0 radical (unpaired) electrons. The van der Waals surface area contributed by atoms with Crippen LogP contribution in [-0.2, 0) is 6.54 Å². The number of likely N-dealkylation sites (N-methyl/N-ethyl adjacent to an activating group) is 1. The molecule has 2 aromatic rings. The van der Waals surface area contributed by atoms with Crippen molar-refractivity contribution in [1.82, 2.24) is 9.88 Å². The van der Waals surface area contributed by atoms with Gasteiger partial charge in [0.1, 0.15) is 0 Å². The topological polar surface area (TPSA) is 33.2 Å². The molecule has 0 aliphatic carbocycles. The molecule has 0 saturated heterocycles. The minimum Gasteiger partial charge on any atom is -0.292 e. The number of hydrogen-bond acceptors (Lipinski definition) is 4. The fourth-order valence-electron chi connectivity index (χ4n) is 1.82. The predicted octanol–water partition coefficient (Wildman–Crippen LogP) is 4.15. The molecule has 0 aliphatic heterocycles. The Labute approximate surface area is 132 Å². The van der Waals surface area contributed by atoms with Gasteiger partial charge in [0, 0.05) is 22.5 Å². The summed E-state index contributed by atoms with van der Waals surface area (Å²) in [6.45, 7) is 2.49. The SMILES string of the molecule is CC(C(=O)c1ccc(Cl)cc1Cl)N(C)Cc1cscn1. The lowest BCUT2D eigenvalue weighted by atomic mass is 10.0. The third-order valence-corrected chi connectivity index (χ3v) is 4.32. The van der Waals surface area contributed by atoms with Gasteiger partial charge in [0.2, 0.25) is 0 Å². The van der Waals surface area contributed by atoms with E-state index in [0.29, 0.717) is 22.2 Å². The number of thiazole rings is 1. The average Bonchev–Trinajstić information content (AvgIpc) is 2.90. The van der Waals surface area contributed by atoms with Gasteiger partial charge in [-0.05, 0) is 32.2 Å². The lowest BCUT2D eigenvalue weighted by Crippen LogP contribution is -2.35. The maximum atomic E-state index is 12.5. The molecule has 0 saturated carbocycles. The highest BCUT2D eigenvalue weighted by Gasteiger charge is 2.22. The number of ketones is 1. The van der Waals surface area contributed by atoms with Crippen LogP contribution in [0.5, 0.6) is 0 Å². The molecule has 2 rings (SSSR count). The second kappa shape index (κ2) is 6.68. The third kappa shape index (κ3) is 3.58. The smallest absolute Gasteiger partial charge is 0.181 e. The number of benzene rings is 1. The number of aromatic nitrogens is 1. The minimum atomic E-state index is -0.282. The maximum absolute atomic E-state index is 12.5. The normalized spacial score (nSPS) is 12.7. The number of halogens is 2. The number of rotatable bonds is 5. The van der Waals surface area contributed by atoms with Crippen LogP contribution in [0.25, 0.3) is 0 Å². The van der Waals surface area contributed by atoms with Crippen molar-refractivity contribution in [3.63, 3.8) is 0 Å². The number of hydrogen-bond donors (Lipinski definition) is 0. The molecule has 0 aliphatic rings. The highest BCUT2D eigenvalue weighted by molar-refractivity contribution is 7.07. The van der Waals surface area contributed by atoms with E-state index < -0.39 is 0 Å². The van der Waals surface area contributed by atoms with Gasteiger partial charge >= 0.3 is 0 Å². The predicted molar refractivity (Wildman–Crippen MR) is 83.8 cm³/mol. The molecule has 0 fully saturated rings. The zero-order valence-corrected chi connectivity index (χ0v) is 13.5. The molecule has 1 unspecified atom stereocenters. The molecule has 3 nitrogen and oxygen atoms in total. The summed E-state index contributed by atoms with van der Waals surface area (Å²) < 4.78 is 0. The summed E-state index contributed by atoms with van der Waals surface area (Å²) in [6, 6.07) is 4.65. The van der Waals surface area contributed by atoms with Crippen LogP contribution in [0.3, 0.4) is 0 Å². The van der Waals surface area contributed by atoms with Crippen LogP contribution in [0.15, 0.2) is 29.1 Å². The first-order valence-electron chi connectivity index (χ1n) is 6.05. The standard InChI is InChI=1S/C14H14Cl2N2OS/c1-9(18(2)6-11-7-20-8-17-11)14(19)12-4-3-10(15)5-13(12)16/h3-5,7-9H,6H2,1-2H3. The second-order valence-electron chi connectivity index (χ2n) is 4.56. The van der Waals surface area contributed by atoms with Crippen molar-refractivity contribution in [1.29, 1.82) is 0 Å². The van der Waals surface area contributed by atoms with E-state index in [0.717, 1.165) is 5.69 Å². The van der Waals surface area contributed by atoms with Crippen molar-refractivity contribution >= 4 is 40.3 Å². The van der Waals surface area contributed by atoms with Crippen molar-refractivity contribution in [3.05, 3.63) is 50.4 Å². The number of Topliss-reactive ketones (excluding diaryl/α,β-unsaturated/α-hetero) is 1. The van der Waals surface area contributed by atoms with Crippen LogP contribution < -0.4 is 0 Å². The third-order valence-electron chi connectivity index (χ3n) is 3.13. The molecule has 0 bridgehead atoms. The number of carbonyl (C=O) groups excluding carboxylic acids is 1. The molecule has 1 aromatic carbocycles. The van der Waals surface area contributed by atoms with Gasteiger partial charge in [0.25, 0.3) is 0 Å². The maximum Gasteiger partial charge on any atom is 0.181 e. The summed E-state index contributed by atoms with van der Waals surface area (Å²) >= 11 is 13.5. The van der Waals surface area contributed by atoms with E-state index in [2.05, 4.69) is 4.98 Å². The van der Waals surface area contributed by atoms with E-state index >= 15 is 0 Å². The van der Waals surface area contributed by atoms with Crippen LogP contribution in [0.2, 0.25) is 10.0 Å². The number of nitrogens with zero attached hydrogens (tertiary/aromatic N) is 2. The molecule has 0 amide bonds. The van der Waals surface area contributed by atoms with Crippen LogP contribution in [0.1, 0.15) is 23.0 Å². The Morgan fingerprint density at radius 1 is 1.45 bits per heavy atom. The van der Waals surface area contributed by atoms with Crippen molar-refractivity contribution in [2.24, 2.45) is 0 Å². The van der Waals surface area contributed by atoms with Gasteiger partial charge in [0.15, 0.2) is 5.78 Å².